The fourth-order valence-corrected chi connectivity index (χ4v) is 2.72. The lowest BCUT2D eigenvalue weighted by Gasteiger charge is -2.07. The third kappa shape index (κ3) is 3.83. The lowest BCUT2D eigenvalue weighted by atomic mass is 10.1. The van der Waals surface area contributed by atoms with Gasteiger partial charge < -0.3 is 14.8 Å². The number of benzene rings is 2. The second-order valence-electron chi connectivity index (χ2n) is 5.13. The van der Waals surface area contributed by atoms with Gasteiger partial charge >= 0.3 is 11.9 Å². The van der Waals surface area contributed by atoms with E-state index in [1.54, 1.807) is 18.2 Å². The second kappa shape index (κ2) is 7.70. The van der Waals surface area contributed by atoms with Crippen molar-refractivity contribution in [3.05, 3.63) is 53.6 Å². The molecule has 1 N–H and O–H groups in total. The summed E-state index contributed by atoms with van der Waals surface area (Å²) in [7, 11) is 1.27. The first kappa shape index (κ1) is 17.5. The van der Waals surface area contributed by atoms with Gasteiger partial charge in [0.2, 0.25) is 0 Å². The lowest BCUT2D eigenvalue weighted by molar-refractivity contribution is -0.119. The molecule has 0 spiro atoms. The van der Waals surface area contributed by atoms with Crippen LogP contribution in [0, 0.1) is 0 Å². The number of anilines is 1. The zero-order chi connectivity index (χ0) is 18.5. The Morgan fingerprint density at radius 3 is 2.38 bits per heavy atom. The lowest BCUT2D eigenvalue weighted by Crippen LogP contribution is -2.21. The second-order valence-corrected chi connectivity index (χ2v) is 5.66. The minimum Gasteiger partial charge on any atom is -0.465 e. The molecule has 0 saturated carbocycles. The average molecular weight is 371 g/mol. The molecule has 0 aliphatic carbocycles. The number of esters is 2. The van der Waals surface area contributed by atoms with Gasteiger partial charge in [0.05, 0.1) is 35.7 Å². The predicted molar refractivity (Wildman–Crippen MR) is 94.1 cm³/mol. The van der Waals surface area contributed by atoms with E-state index in [1.807, 2.05) is 0 Å². The van der Waals surface area contributed by atoms with Crippen LogP contribution >= 0.6 is 11.7 Å². The number of aromatic nitrogens is 2. The molecule has 0 bridgehead atoms. The van der Waals surface area contributed by atoms with Gasteiger partial charge in [-0.15, -0.1) is 0 Å². The van der Waals surface area contributed by atoms with Gasteiger partial charge in [-0.1, -0.05) is 6.07 Å². The van der Waals surface area contributed by atoms with Gasteiger partial charge in [0.15, 0.2) is 6.61 Å². The van der Waals surface area contributed by atoms with Crippen LogP contribution in [0.1, 0.15) is 20.7 Å². The molecular weight excluding hydrogens is 358 g/mol. The first-order valence-corrected chi connectivity index (χ1v) is 8.18. The Balaban J connectivity index is 1.58. The van der Waals surface area contributed by atoms with Crippen LogP contribution in [0.15, 0.2) is 42.5 Å². The maximum Gasteiger partial charge on any atom is 0.338 e. The summed E-state index contributed by atoms with van der Waals surface area (Å²) < 4.78 is 17.8. The van der Waals surface area contributed by atoms with E-state index >= 15 is 0 Å². The van der Waals surface area contributed by atoms with Crippen molar-refractivity contribution >= 4 is 46.3 Å². The van der Waals surface area contributed by atoms with Gasteiger partial charge in [-0.25, -0.2) is 9.59 Å². The Morgan fingerprint density at radius 1 is 1.00 bits per heavy atom. The van der Waals surface area contributed by atoms with Crippen LogP contribution in [-0.4, -0.2) is 40.3 Å². The van der Waals surface area contributed by atoms with Gasteiger partial charge in [-0.3, -0.25) is 4.79 Å². The number of carbonyl (C=O) groups is 3. The molecule has 0 atom stereocenters. The Hall–Kier alpha value is -3.33. The smallest absolute Gasteiger partial charge is 0.338 e. The molecular formula is C17H13N3O5S. The molecule has 3 rings (SSSR count). The number of nitrogens with one attached hydrogen (secondary N) is 1. The molecule has 0 unspecified atom stereocenters. The van der Waals surface area contributed by atoms with Gasteiger partial charge in [0, 0.05) is 0 Å². The highest BCUT2D eigenvalue weighted by Crippen LogP contribution is 2.20. The van der Waals surface area contributed by atoms with Gasteiger partial charge in [-0.2, -0.15) is 8.75 Å². The molecule has 0 saturated heterocycles. The summed E-state index contributed by atoms with van der Waals surface area (Å²) in [6, 6.07) is 11.0. The molecule has 0 aliphatic heterocycles. The average Bonchev–Trinajstić information content (AvgIpc) is 3.15. The highest BCUT2D eigenvalue weighted by molar-refractivity contribution is 7.00. The number of ether oxygens (including phenoxy) is 2. The zero-order valence-electron chi connectivity index (χ0n) is 13.6. The summed E-state index contributed by atoms with van der Waals surface area (Å²) in [5.41, 5.74) is 2.29. The molecule has 2 aromatic carbocycles. The predicted octanol–water partition coefficient (Wildman–Crippen LogP) is 2.27. The Labute approximate surface area is 152 Å². The first-order chi connectivity index (χ1) is 12.6. The highest BCUT2D eigenvalue weighted by Gasteiger charge is 2.13. The minimum absolute atomic E-state index is 0.219. The summed E-state index contributed by atoms with van der Waals surface area (Å²) in [5.74, 6) is -1.68. The van der Waals surface area contributed by atoms with E-state index in [0.717, 1.165) is 11.7 Å². The SMILES string of the molecule is COC(=O)c1ccc(C(=O)OCC(=O)Nc2cccc3nsnc23)cc1. The number of fused-ring (bicyclic) bond motifs is 1. The van der Waals surface area contributed by atoms with Crippen LogP contribution in [0.2, 0.25) is 0 Å². The van der Waals surface area contributed by atoms with Crippen molar-refractivity contribution in [1.29, 1.82) is 0 Å². The molecule has 1 amide bonds. The van der Waals surface area contributed by atoms with Crippen molar-refractivity contribution in [2.24, 2.45) is 0 Å². The van der Waals surface area contributed by atoms with E-state index in [9.17, 15) is 14.4 Å². The van der Waals surface area contributed by atoms with Crippen LogP contribution in [-0.2, 0) is 14.3 Å². The van der Waals surface area contributed by atoms with E-state index in [2.05, 4.69) is 18.8 Å². The van der Waals surface area contributed by atoms with Crippen molar-refractivity contribution in [2.45, 2.75) is 0 Å². The highest BCUT2D eigenvalue weighted by atomic mass is 32.1. The molecule has 1 heterocycles. The molecule has 1 aromatic heterocycles. The largest absolute Gasteiger partial charge is 0.465 e. The van der Waals surface area contributed by atoms with Gasteiger partial charge in [-0.05, 0) is 36.4 Å². The van der Waals surface area contributed by atoms with Crippen molar-refractivity contribution < 1.29 is 23.9 Å². The summed E-state index contributed by atoms with van der Waals surface area (Å²) >= 11 is 1.04. The number of methoxy groups -OCH3 is 1. The monoisotopic (exact) mass is 371 g/mol. The van der Waals surface area contributed by atoms with Crippen molar-refractivity contribution in [3.63, 3.8) is 0 Å². The van der Waals surface area contributed by atoms with Crippen LogP contribution in [0.3, 0.4) is 0 Å². The zero-order valence-corrected chi connectivity index (χ0v) is 14.4. The molecule has 26 heavy (non-hydrogen) atoms. The Morgan fingerprint density at radius 2 is 1.69 bits per heavy atom. The molecule has 0 aliphatic rings. The summed E-state index contributed by atoms with van der Waals surface area (Å²) in [6.45, 7) is -0.453. The summed E-state index contributed by atoms with van der Waals surface area (Å²) in [4.78, 5) is 35.3. The van der Waals surface area contributed by atoms with E-state index in [0.29, 0.717) is 22.3 Å². The standard InChI is InChI=1S/C17H13N3O5S/c1-24-16(22)10-5-7-11(8-6-10)17(23)25-9-14(21)18-12-3-2-4-13-15(12)20-26-19-13/h2-8H,9H2,1H3,(H,18,21). The minimum atomic E-state index is -0.676. The summed E-state index contributed by atoms with van der Waals surface area (Å²) in [6.07, 6.45) is 0. The maximum atomic E-state index is 12.0. The van der Waals surface area contributed by atoms with Crippen molar-refractivity contribution in [3.8, 4) is 0 Å². The van der Waals surface area contributed by atoms with Gasteiger partial charge in [0.1, 0.15) is 11.0 Å². The summed E-state index contributed by atoms with van der Waals surface area (Å²) in [5, 5.41) is 2.64. The Bertz CT molecular complexity index is 968. The molecule has 0 fully saturated rings. The number of hydrogen-bond donors (Lipinski definition) is 1. The quantitative estimate of drug-likeness (QED) is 0.686. The maximum absolute atomic E-state index is 12.0. The van der Waals surface area contributed by atoms with E-state index < -0.39 is 24.5 Å². The molecule has 0 radical (unpaired) electrons. The molecule has 132 valence electrons. The van der Waals surface area contributed by atoms with E-state index in [1.165, 1.54) is 31.4 Å². The van der Waals surface area contributed by atoms with Crippen LogP contribution in [0.4, 0.5) is 5.69 Å². The van der Waals surface area contributed by atoms with Crippen LogP contribution in [0.25, 0.3) is 11.0 Å². The number of carbonyl (C=O) groups excluding carboxylic acids is 3. The number of nitrogens with zero attached hydrogens (tertiary/aromatic N) is 2. The number of amides is 1. The number of rotatable bonds is 5. The van der Waals surface area contributed by atoms with Gasteiger partial charge in [0.25, 0.3) is 5.91 Å². The third-order valence-electron chi connectivity index (χ3n) is 3.44. The van der Waals surface area contributed by atoms with E-state index in [4.69, 9.17) is 4.74 Å². The Kier molecular flexibility index (Phi) is 5.18. The number of hydrogen-bond acceptors (Lipinski definition) is 8. The molecule has 9 heteroatoms. The normalized spacial score (nSPS) is 10.3. The third-order valence-corrected chi connectivity index (χ3v) is 3.98. The van der Waals surface area contributed by atoms with Crippen LogP contribution < -0.4 is 5.32 Å². The van der Waals surface area contributed by atoms with E-state index in [-0.39, 0.29) is 5.56 Å². The first-order valence-electron chi connectivity index (χ1n) is 7.45. The fourth-order valence-electron chi connectivity index (χ4n) is 2.17. The fraction of sp³-hybridized carbons (Fsp3) is 0.118. The topological polar surface area (TPSA) is 107 Å². The van der Waals surface area contributed by atoms with Crippen molar-refractivity contribution in [2.75, 3.05) is 19.0 Å². The molecule has 8 nitrogen and oxygen atoms in total. The molecule has 3 aromatic rings. The van der Waals surface area contributed by atoms with Crippen LogP contribution in [0.5, 0.6) is 0 Å². The van der Waals surface area contributed by atoms with Crippen molar-refractivity contribution in [1.82, 2.24) is 8.75 Å².